The number of aryl methyl sites for hydroxylation is 1. The van der Waals surface area contributed by atoms with Crippen molar-refractivity contribution in [3.8, 4) is 0 Å². The first kappa shape index (κ1) is 16.4. The predicted octanol–water partition coefficient (Wildman–Crippen LogP) is 1.13. The third-order valence-electron chi connectivity index (χ3n) is 2.51. The zero-order chi connectivity index (χ0) is 15.0. The summed E-state index contributed by atoms with van der Waals surface area (Å²) in [4.78, 5) is 26.8. The molecule has 1 heterocycles. The summed E-state index contributed by atoms with van der Waals surface area (Å²) in [5.74, 6) is -1.05. The maximum absolute atomic E-state index is 11.6. The lowest BCUT2D eigenvalue weighted by Crippen LogP contribution is -2.45. The Morgan fingerprint density at radius 3 is 2.85 bits per heavy atom. The summed E-state index contributed by atoms with van der Waals surface area (Å²) in [7, 11) is 1.55. The van der Waals surface area contributed by atoms with E-state index in [1.165, 1.54) is 11.3 Å². The second kappa shape index (κ2) is 8.49. The lowest BCUT2D eigenvalue weighted by atomic mass is 10.1. The third-order valence-corrected chi connectivity index (χ3v) is 3.48. The molecule has 0 fully saturated rings. The van der Waals surface area contributed by atoms with Gasteiger partial charge in [0, 0.05) is 24.8 Å². The van der Waals surface area contributed by atoms with E-state index in [2.05, 4.69) is 15.6 Å². The Kier molecular flexibility index (Phi) is 6.96. The molecule has 0 aliphatic carbocycles. The quantitative estimate of drug-likeness (QED) is 0.625. The maximum Gasteiger partial charge on any atom is 0.326 e. The number of hydrogen-bond donors (Lipinski definition) is 3. The summed E-state index contributed by atoms with van der Waals surface area (Å²) >= 11 is 1.45. The number of carbonyl (C=O) groups excluding carboxylic acids is 1. The van der Waals surface area contributed by atoms with Gasteiger partial charge in [-0.1, -0.05) is 0 Å². The molecule has 1 unspecified atom stereocenters. The van der Waals surface area contributed by atoms with E-state index >= 15 is 0 Å². The smallest absolute Gasteiger partial charge is 0.326 e. The van der Waals surface area contributed by atoms with Gasteiger partial charge in [0.1, 0.15) is 11.0 Å². The molecule has 112 valence electrons. The number of rotatable bonds is 8. The maximum atomic E-state index is 11.6. The van der Waals surface area contributed by atoms with Crippen molar-refractivity contribution in [1.29, 1.82) is 0 Å². The van der Waals surface area contributed by atoms with Crippen LogP contribution in [-0.4, -0.2) is 41.8 Å². The minimum atomic E-state index is -1.05. The van der Waals surface area contributed by atoms with E-state index in [-0.39, 0.29) is 6.54 Å². The van der Waals surface area contributed by atoms with E-state index in [4.69, 9.17) is 9.84 Å². The van der Waals surface area contributed by atoms with Crippen molar-refractivity contribution < 1.29 is 19.4 Å². The third kappa shape index (κ3) is 5.98. The molecule has 0 aromatic carbocycles. The molecule has 0 aliphatic heterocycles. The second-order valence-corrected chi connectivity index (χ2v) is 5.18. The molecule has 7 nitrogen and oxygen atoms in total. The van der Waals surface area contributed by atoms with Crippen LogP contribution in [0.15, 0.2) is 5.38 Å². The number of carboxylic acid groups (broad SMARTS) is 1. The Balaban J connectivity index is 2.35. The number of carbonyl (C=O) groups is 2. The zero-order valence-corrected chi connectivity index (χ0v) is 12.3. The van der Waals surface area contributed by atoms with Crippen molar-refractivity contribution in [3.05, 3.63) is 16.1 Å². The molecule has 1 rings (SSSR count). The van der Waals surface area contributed by atoms with Crippen LogP contribution < -0.4 is 10.6 Å². The normalized spacial score (nSPS) is 11.9. The van der Waals surface area contributed by atoms with Crippen LogP contribution in [0.2, 0.25) is 0 Å². The Bertz CT molecular complexity index is 450. The molecule has 8 heteroatoms. The standard InChI is InChI=1S/C12H19N3O4S/c1-8-7-20-10(14-8)6-13-12(18)15-9(11(16)17)4-3-5-19-2/h7,9H,3-6H2,1-2H3,(H,16,17)(H2,13,15,18). The topological polar surface area (TPSA) is 101 Å². The molecule has 1 aromatic rings. The first-order chi connectivity index (χ1) is 9.52. The van der Waals surface area contributed by atoms with Crippen molar-refractivity contribution in [3.63, 3.8) is 0 Å². The van der Waals surface area contributed by atoms with Crippen molar-refractivity contribution in [2.45, 2.75) is 32.4 Å². The number of aliphatic carboxylic acids is 1. The Hall–Kier alpha value is -1.67. The van der Waals surface area contributed by atoms with Gasteiger partial charge in [-0.15, -0.1) is 11.3 Å². The van der Waals surface area contributed by atoms with E-state index in [1.807, 2.05) is 12.3 Å². The number of carboxylic acids is 1. The van der Waals surface area contributed by atoms with Crippen molar-refractivity contribution in [2.75, 3.05) is 13.7 Å². The Morgan fingerprint density at radius 2 is 2.30 bits per heavy atom. The van der Waals surface area contributed by atoms with E-state index < -0.39 is 18.0 Å². The minimum absolute atomic E-state index is 0.286. The van der Waals surface area contributed by atoms with Crippen LogP contribution in [0.1, 0.15) is 23.5 Å². The highest BCUT2D eigenvalue weighted by molar-refractivity contribution is 7.09. The lowest BCUT2D eigenvalue weighted by Gasteiger charge is -2.14. The van der Waals surface area contributed by atoms with Gasteiger partial charge in [-0.05, 0) is 19.8 Å². The molecule has 1 aromatic heterocycles. The molecule has 0 saturated carbocycles. The molecule has 0 spiro atoms. The average Bonchev–Trinajstić information content (AvgIpc) is 2.81. The fourth-order valence-corrected chi connectivity index (χ4v) is 2.25. The summed E-state index contributed by atoms with van der Waals surface area (Å²) in [6.45, 7) is 2.62. The van der Waals surface area contributed by atoms with Crippen molar-refractivity contribution in [1.82, 2.24) is 15.6 Å². The van der Waals surface area contributed by atoms with Crippen molar-refractivity contribution >= 4 is 23.3 Å². The molecule has 0 radical (unpaired) electrons. The minimum Gasteiger partial charge on any atom is -0.480 e. The largest absolute Gasteiger partial charge is 0.480 e. The number of ether oxygens (including phenoxy) is 1. The first-order valence-corrected chi connectivity index (χ1v) is 7.08. The second-order valence-electron chi connectivity index (χ2n) is 4.24. The van der Waals surface area contributed by atoms with Crippen LogP contribution >= 0.6 is 11.3 Å². The van der Waals surface area contributed by atoms with Crippen molar-refractivity contribution in [2.24, 2.45) is 0 Å². The monoisotopic (exact) mass is 301 g/mol. The number of aromatic nitrogens is 1. The highest BCUT2D eigenvalue weighted by Crippen LogP contribution is 2.07. The van der Waals surface area contributed by atoms with E-state index in [0.717, 1.165) is 10.7 Å². The van der Waals surface area contributed by atoms with Gasteiger partial charge in [-0.2, -0.15) is 0 Å². The zero-order valence-electron chi connectivity index (χ0n) is 11.5. The molecule has 3 N–H and O–H groups in total. The highest BCUT2D eigenvalue weighted by Gasteiger charge is 2.19. The molecule has 0 bridgehead atoms. The Morgan fingerprint density at radius 1 is 1.55 bits per heavy atom. The summed E-state index contributed by atoms with van der Waals surface area (Å²) < 4.78 is 4.86. The van der Waals surface area contributed by atoms with Gasteiger partial charge in [0.05, 0.1) is 6.54 Å². The number of methoxy groups -OCH3 is 1. The number of hydrogen-bond acceptors (Lipinski definition) is 5. The van der Waals surface area contributed by atoms with Gasteiger partial charge in [0.2, 0.25) is 0 Å². The molecule has 2 amide bonds. The fourth-order valence-electron chi connectivity index (χ4n) is 1.54. The number of nitrogens with one attached hydrogen (secondary N) is 2. The summed E-state index contributed by atoms with van der Waals surface area (Å²) in [5, 5.41) is 16.7. The fraction of sp³-hybridized carbons (Fsp3) is 0.583. The number of thiazole rings is 1. The van der Waals surface area contributed by atoms with Gasteiger partial charge in [0.25, 0.3) is 0 Å². The molecule has 1 atom stereocenters. The molecular weight excluding hydrogens is 282 g/mol. The molecule has 0 aliphatic rings. The van der Waals surface area contributed by atoms with Gasteiger partial charge >= 0.3 is 12.0 Å². The van der Waals surface area contributed by atoms with Crippen LogP contribution in [0.3, 0.4) is 0 Å². The Labute approximate surface area is 121 Å². The van der Waals surface area contributed by atoms with Crippen LogP contribution in [0.4, 0.5) is 4.79 Å². The van der Waals surface area contributed by atoms with E-state index in [0.29, 0.717) is 19.4 Å². The lowest BCUT2D eigenvalue weighted by molar-refractivity contribution is -0.139. The van der Waals surface area contributed by atoms with Gasteiger partial charge in [-0.25, -0.2) is 14.6 Å². The summed E-state index contributed by atoms with van der Waals surface area (Å²) in [6, 6.07) is -1.43. The molecule has 0 saturated heterocycles. The highest BCUT2D eigenvalue weighted by atomic mass is 32.1. The number of amides is 2. The van der Waals surface area contributed by atoms with E-state index in [1.54, 1.807) is 7.11 Å². The SMILES string of the molecule is COCCCC(NC(=O)NCc1nc(C)cs1)C(=O)O. The van der Waals surface area contributed by atoms with Gasteiger partial charge in [0.15, 0.2) is 0 Å². The molecule has 20 heavy (non-hydrogen) atoms. The summed E-state index contributed by atoms with van der Waals surface area (Å²) in [5.41, 5.74) is 0.898. The van der Waals surface area contributed by atoms with Gasteiger partial charge < -0.3 is 20.5 Å². The van der Waals surface area contributed by atoms with Crippen LogP contribution in [0.25, 0.3) is 0 Å². The molecular formula is C12H19N3O4S. The number of nitrogens with zero attached hydrogens (tertiary/aromatic N) is 1. The predicted molar refractivity (Wildman–Crippen MR) is 74.8 cm³/mol. The van der Waals surface area contributed by atoms with Crippen LogP contribution in [0, 0.1) is 6.92 Å². The average molecular weight is 301 g/mol. The van der Waals surface area contributed by atoms with Gasteiger partial charge in [-0.3, -0.25) is 0 Å². The summed E-state index contributed by atoms with van der Waals surface area (Å²) in [6.07, 6.45) is 0.895. The first-order valence-electron chi connectivity index (χ1n) is 6.20. The number of urea groups is 1. The van der Waals surface area contributed by atoms with Crippen LogP contribution in [0.5, 0.6) is 0 Å². The van der Waals surface area contributed by atoms with Crippen LogP contribution in [-0.2, 0) is 16.1 Å². The van der Waals surface area contributed by atoms with E-state index in [9.17, 15) is 9.59 Å².